The zero-order valence-corrected chi connectivity index (χ0v) is 52.0. The maximum absolute atomic E-state index is 13.3. The molecule has 1 amide bonds. The van der Waals surface area contributed by atoms with Crippen LogP contribution in [0.25, 0.3) is 0 Å². The van der Waals surface area contributed by atoms with Crippen LogP contribution >= 0.6 is 0 Å². The maximum Gasteiger partial charge on any atom is 0.220 e. The van der Waals surface area contributed by atoms with Crippen molar-refractivity contribution in [3.63, 3.8) is 0 Å². The fourth-order valence-corrected chi connectivity index (χ4v) is 11.0. The molecule has 0 radical (unpaired) electrons. The molecular formula is C68H125NO13. The van der Waals surface area contributed by atoms with Gasteiger partial charge >= 0.3 is 0 Å². The van der Waals surface area contributed by atoms with E-state index in [0.29, 0.717) is 12.8 Å². The number of nitrogens with one attached hydrogen (secondary N) is 1. The third-order valence-corrected chi connectivity index (χ3v) is 16.5. The minimum Gasteiger partial charge on any atom is -0.394 e. The van der Waals surface area contributed by atoms with Crippen LogP contribution in [0.2, 0.25) is 0 Å². The second kappa shape index (κ2) is 53.2. The summed E-state index contributed by atoms with van der Waals surface area (Å²) in [6.07, 6.45) is 52.0. The number of hydrogen-bond donors (Lipinski definition) is 9. The number of amides is 1. The minimum absolute atomic E-state index is 0.251. The number of rotatable bonds is 55. The zero-order chi connectivity index (χ0) is 59.5. The van der Waals surface area contributed by atoms with Gasteiger partial charge in [-0.25, -0.2) is 0 Å². The second-order valence-corrected chi connectivity index (χ2v) is 23.9. The average Bonchev–Trinajstić information content (AvgIpc) is 3.67. The summed E-state index contributed by atoms with van der Waals surface area (Å²) in [6, 6.07) is -0.936. The quantitative estimate of drug-likeness (QED) is 0.0204. The lowest BCUT2D eigenvalue weighted by Crippen LogP contribution is -2.65. The molecule has 0 aromatic carbocycles. The summed E-state index contributed by atoms with van der Waals surface area (Å²) >= 11 is 0. The molecular weight excluding hydrogens is 1040 g/mol. The molecule has 2 saturated heterocycles. The zero-order valence-electron chi connectivity index (χ0n) is 52.0. The Morgan fingerprint density at radius 1 is 0.427 bits per heavy atom. The molecule has 82 heavy (non-hydrogen) atoms. The first-order chi connectivity index (χ1) is 40.1. The van der Waals surface area contributed by atoms with Gasteiger partial charge in [0.05, 0.1) is 32.0 Å². The van der Waals surface area contributed by atoms with Gasteiger partial charge in [0.2, 0.25) is 5.91 Å². The molecule has 2 aliphatic rings. The summed E-state index contributed by atoms with van der Waals surface area (Å²) in [6.45, 7) is 2.75. The summed E-state index contributed by atoms with van der Waals surface area (Å²) in [5, 5.41) is 87.1. The van der Waals surface area contributed by atoms with Crippen molar-refractivity contribution in [2.75, 3.05) is 19.8 Å². The van der Waals surface area contributed by atoms with E-state index in [1.54, 1.807) is 6.08 Å². The molecule has 0 aliphatic carbocycles. The van der Waals surface area contributed by atoms with E-state index in [0.717, 1.165) is 44.9 Å². The van der Waals surface area contributed by atoms with Crippen molar-refractivity contribution in [2.24, 2.45) is 0 Å². The largest absolute Gasteiger partial charge is 0.394 e. The Morgan fingerprint density at radius 2 is 0.780 bits per heavy atom. The maximum atomic E-state index is 13.3. The molecule has 0 saturated carbocycles. The van der Waals surface area contributed by atoms with E-state index in [9.17, 15) is 45.6 Å². The third kappa shape index (κ3) is 37.5. The van der Waals surface area contributed by atoms with E-state index in [1.807, 2.05) is 6.08 Å². The van der Waals surface area contributed by atoms with E-state index in [2.05, 4.69) is 55.6 Å². The third-order valence-electron chi connectivity index (χ3n) is 16.5. The Hall–Kier alpha value is -2.05. The van der Waals surface area contributed by atoms with Gasteiger partial charge in [-0.2, -0.15) is 0 Å². The molecule has 12 unspecified atom stereocenters. The van der Waals surface area contributed by atoms with Gasteiger partial charge in [-0.3, -0.25) is 4.79 Å². The first kappa shape index (κ1) is 76.0. The summed E-state index contributed by atoms with van der Waals surface area (Å²) in [4.78, 5) is 13.3. The van der Waals surface area contributed by atoms with Gasteiger partial charge in [-0.1, -0.05) is 255 Å². The van der Waals surface area contributed by atoms with Crippen molar-refractivity contribution in [3.8, 4) is 0 Å². The Kier molecular flexibility index (Phi) is 49.3. The summed E-state index contributed by atoms with van der Waals surface area (Å²) in [5.41, 5.74) is 0. The molecule has 2 aliphatic heterocycles. The van der Waals surface area contributed by atoms with Crippen LogP contribution in [-0.4, -0.2) is 140 Å². The van der Waals surface area contributed by atoms with Crippen molar-refractivity contribution < 1.29 is 64.6 Å². The SMILES string of the molecule is CCCCC/C=C/CC/C=C/CC/C=C/C(O)C(COC1OC(CO)C(OC2OC(CO)C(O)C(O)C2O)C(O)C1O)NC(=O)CCCCCCCCCCCCCCCCCCCCCCCCC/C=C\CCCCCCCCCC. The molecule has 0 bridgehead atoms. The van der Waals surface area contributed by atoms with Crippen LogP contribution in [0.1, 0.15) is 284 Å². The van der Waals surface area contributed by atoms with Gasteiger partial charge in [-0.05, 0) is 70.6 Å². The van der Waals surface area contributed by atoms with Crippen LogP contribution in [0.4, 0.5) is 0 Å². The Morgan fingerprint density at radius 3 is 1.22 bits per heavy atom. The Labute approximate surface area is 499 Å². The van der Waals surface area contributed by atoms with Crippen LogP contribution in [-0.2, 0) is 23.7 Å². The lowest BCUT2D eigenvalue weighted by Gasteiger charge is -2.46. The van der Waals surface area contributed by atoms with Gasteiger partial charge in [0.25, 0.3) is 0 Å². The highest BCUT2D eigenvalue weighted by Gasteiger charge is 2.51. The lowest BCUT2D eigenvalue weighted by atomic mass is 9.97. The lowest BCUT2D eigenvalue weighted by molar-refractivity contribution is -0.359. The predicted octanol–water partition coefficient (Wildman–Crippen LogP) is 13.1. The molecule has 0 aromatic heterocycles. The molecule has 9 N–H and O–H groups in total. The van der Waals surface area contributed by atoms with Gasteiger partial charge in [0, 0.05) is 6.42 Å². The number of carbonyl (C=O) groups is 1. The number of ether oxygens (including phenoxy) is 4. The number of hydrogen-bond acceptors (Lipinski definition) is 13. The highest BCUT2D eigenvalue weighted by Crippen LogP contribution is 2.30. The van der Waals surface area contributed by atoms with Crippen molar-refractivity contribution in [2.45, 2.75) is 357 Å². The Bertz CT molecular complexity index is 1560. The highest BCUT2D eigenvalue weighted by atomic mass is 16.7. The molecule has 14 nitrogen and oxygen atoms in total. The summed E-state index contributed by atoms with van der Waals surface area (Å²) in [5.74, 6) is -0.251. The number of aliphatic hydroxyl groups excluding tert-OH is 8. The standard InChI is InChI=1S/C68H125NO13/c1-3-5-7-9-11-13-15-17-18-19-20-21-22-23-24-25-26-27-28-29-30-31-32-33-34-35-36-37-38-40-42-44-46-48-50-52-60(73)69-56(57(72)51-49-47-45-43-41-39-16-14-12-10-8-6-4-2)55-79-67-65(78)63(76)66(59(54-71)81-67)82-68-64(77)62(75)61(74)58(53-70)80-68/h12,14,19-20,41,43,49,51,56-59,61-68,70-72,74-78H,3-11,13,15-18,21-40,42,44-48,50,52-55H2,1-2H3,(H,69,73)/b14-12+,20-19-,43-41+,51-49+. The van der Waals surface area contributed by atoms with Crippen molar-refractivity contribution in [3.05, 3.63) is 48.6 Å². The van der Waals surface area contributed by atoms with Crippen molar-refractivity contribution in [1.82, 2.24) is 5.32 Å². The normalized spacial score (nSPS) is 24.2. The first-order valence-electron chi connectivity index (χ1n) is 33.9. The molecule has 14 heteroatoms. The fourth-order valence-electron chi connectivity index (χ4n) is 11.0. The molecule has 2 rings (SSSR count). The molecule has 12 atom stereocenters. The highest BCUT2D eigenvalue weighted by molar-refractivity contribution is 5.76. The number of aliphatic hydroxyl groups is 8. The average molecular weight is 1160 g/mol. The molecule has 0 spiro atoms. The van der Waals surface area contributed by atoms with Gasteiger partial charge < -0.3 is 65.1 Å². The van der Waals surface area contributed by atoms with E-state index in [1.165, 1.54) is 205 Å². The molecule has 2 fully saturated rings. The van der Waals surface area contributed by atoms with E-state index in [4.69, 9.17) is 18.9 Å². The van der Waals surface area contributed by atoms with E-state index >= 15 is 0 Å². The topological polar surface area (TPSA) is 228 Å². The smallest absolute Gasteiger partial charge is 0.220 e. The van der Waals surface area contributed by atoms with Crippen molar-refractivity contribution in [1.29, 1.82) is 0 Å². The van der Waals surface area contributed by atoms with Gasteiger partial charge in [0.1, 0.15) is 48.8 Å². The van der Waals surface area contributed by atoms with Gasteiger partial charge in [-0.15, -0.1) is 0 Å². The summed E-state index contributed by atoms with van der Waals surface area (Å²) in [7, 11) is 0. The predicted molar refractivity (Wildman–Crippen MR) is 332 cm³/mol. The van der Waals surface area contributed by atoms with Gasteiger partial charge in [0.15, 0.2) is 12.6 Å². The monoisotopic (exact) mass is 1160 g/mol. The number of carbonyl (C=O) groups excluding carboxylic acids is 1. The molecule has 0 aromatic rings. The fraction of sp³-hybridized carbons (Fsp3) is 0.868. The Balaban J connectivity index is 1.59. The molecule has 2 heterocycles. The van der Waals surface area contributed by atoms with Crippen LogP contribution in [0, 0.1) is 0 Å². The van der Waals surface area contributed by atoms with Crippen LogP contribution < -0.4 is 5.32 Å². The van der Waals surface area contributed by atoms with Crippen LogP contribution in [0.15, 0.2) is 48.6 Å². The molecule has 480 valence electrons. The number of unbranched alkanes of at least 4 members (excludes halogenated alkanes) is 36. The van der Waals surface area contributed by atoms with Crippen LogP contribution in [0.3, 0.4) is 0 Å². The first-order valence-corrected chi connectivity index (χ1v) is 33.9. The number of allylic oxidation sites excluding steroid dienone is 7. The second-order valence-electron chi connectivity index (χ2n) is 23.9. The summed E-state index contributed by atoms with van der Waals surface area (Å²) < 4.78 is 22.8. The van der Waals surface area contributed by atoms with E-state index in [-0.39, 0.29) is 18.9 Å². The van der Waals surface area contributed by atoms with Crippen molar-refractivity contribution >= 4 is 5.91 Å². The van der Waals surface area contributed by atoms with E-state index < -0.39 is 86.8 Å². The van der Waals surface area contributed by atoms with Crippen LogP contribution in [0.5, 0.6) is 0 Å². The minimum atomic E-state index is -1.79.